The third kappa shape index (κ3) is 7.85. The van der Waals surface area contributed by atoms with Crippen molar-refractivity contribution in [2.24, 2.45) is 16.7 Å². The van der Waals surface area contributed by atoms with Gasteiger partial charge in [0.15, 0.2) is 0 Å². The number of hydrogen-bond acceptors (Lipinski definition) is 4. The molecule has 0 spiro atoms. The van der Waals surface area contributed by atoms with Crippen LogP contribution in [0, 0.1) is 13.8 Å². The Morgan fingerprint density at radius 1 is 0.946 bits per heavy atom. The summed E-state index contributed by atoms with van der Waals surface area (Å²) in [5.74, 6) is 6.60. The Bertz CT molecular complexity index is 1060. The lowest BCUT2D eigenvalue weighted by Gasteiger charge is -2.34. The molecule has 0 radical (unpaired) electrons. The molecule has 0 saturated heterocycles. The first-order valence-electron chi connectivity index (χ1n) is 14.0. The van der Waals surface area contributed by atoms with Crippen LogP contribution >= 0.6 is 0 Å². The third-order valence-corrected chi connectivity index (χ3v) is 7.88. The van der Waals surface area contributed by atoms with Crippen LogP contribution < -0.4 is 16.3 Å². The van der Waals surface area contributed by atoms with Crippen LogP contribution in [0.4, 0.5) is 0 Å². The molecule has 0 heterocycles. The molecule has 5 N–H and O–H groups in total. The molecular formula is C32H49N3O2. The van der Waals surface area contributed by atoms with Crippen molar-refractivity contribution in [3.8, 4) is 5.75 Å². The monoisotopic (exact) mass is 507 g/mol. The summed E-state index contributed by atoms with van der Waals surface area (Å²) in [6.07, 6.45) is 11.0. The van der Waals surface area contributed by atoms with Gasteiger partial charge in [0, 0.05) is 11.8 Å². The summed E-state index contributed by atoms with van der Waals surface area (Å²) in [4.78, 5) is 0. The Kier molecular flexibility index (Phi) is 11.7. The fourth-order valence-corrected chi connectivity index (χ4v) is 5.21. The lowest BCUT2D eigenvalue weighted by atomic mass is 9.70. The summed E-state index contributed by atoms with van der Waals surface area (Å²) in [6, 6.07) is 13.4. The van der Waals surface area contributed by atoms with E-state index in [4.69, 9.17) is 16.3 Å². The highest BCUT2D eigenvalue weighted by atomic mass is 16.5. The van der Waals surface area contributed by atoms with Gasteiger partial charge in [-0.25, -0.2) is 0 Å². The van der Waals surface area contributed by atoms with Gasteiger partial charge in [-0.2, -0.15) is 5.10 Å². The van der Waals surface area contributed by atoms with Gasteiger partial charge in [0.1, 0.15) is 11.6 Å². The maximum atomic E-state index is 10.8. The van der Waals surface area contributed by atoms with Crippen molar-refractivity contribution >= 4 is 11.9 Å². The van der Waals surface area contributed by atoms with E-state index in [-0.39, 0.29) is 5.41 Å². The number of aryl methyl sites for hydroxylation is 2. The molecule has 0 amide bonds. The highest BCUT2D eigenvalue weighted by molar-refractivity contribution is 5.79. The second kappa shape index (κ2) is 14.2. The predicted molar refractivity (Wildman–Crippen MR) is 158 cm³/mol. The number of nitrogens with zero attached hydrogens (tertiary/aromatic N) is 1. The second-order valence-corrected chi connectivity index (χ2v) is 10.3. The number of hydrazone groups is 1. The zero-order valence-corrected chi connectivity index (χ0v) is 23.9. The number of ether oxygens (including phenoxy) is 1. The molecule has 0 aliphatic carbocycles. The average Bonchev–Trinajstić information content (AvgIpc) is 2.90. The molecule has 1 unspecified atom stereocenters. The summed E-state index contributed by atoms with van der Waals surface area (Å²) in [7, 11) is 0. The molecule has 5 heteroatoms. The van der Waals surface area contributed by atoms with Crippen LogP contribution in [0.1, 0.15) is 107 Å². The quantitative estimate of drug-likeness (QED) is 0.0785. The van der Waals surface area contributed by atoms with Crippen LogP contribution in [-0.4, -0.2) is 23.2 Å². The standard InChI is InChI=1S/C32H49N3O2/c1-7-19-31(36,8-2)20-18-26-14-15-27(22-24(26)5)32(9-3,10-4)28-16-17-29(25(6)23-28)37-21-12-11-13-30(33)35-34/h14-18,20,22-23,36H,7-13,19,21,34H2,1-6H3,(H2,33,35)/b20-18+. The second-order valence-electron chi connectivity index (χ2n) is 10.3. The molecule has 1 atom stereocenters. The van der Waals surface area contributed by atoms with Gasteiger partial charge >= 0.3 is 0 Å². The van der Waals surface area contributed by atoms with E-state index in [0.717, 1.165) is 61.8 Å². The van der Waals surface area contributed by atoms with Gasteiger partial charge in [-0.1, -0.05) is 76.6 Å². The topological polar surface area (TPSA) is 93.9 Å². The first kappa shape index (κ1) is 30.4. The van der Waals surface area contributed by atoms with E-state index >= 15 is 0 Å². The van der Waals surface area contributed by atoms with Gasteiger partial charge in [-0.3, -0.25) is 0 Å². The minimum Gasteiger partial charge on any atom is -0.493 e. The molecule has 204 valence electrons. The molecule has 0 aliphatic rings. The Labute approximate surface area is 225 Å². The number of unbranched alkanes of at least 4 members (excludes halogenated alkanes) is 1. The van der Waals surface area contributed by atoms with Crippen LogP contribution in [0.15, 0.2) is 47.6 Å². The average molecular weight is 508 g/mol. The van der Waals surface area contributed by atoms with Crippen molar-refractivity contribution < 1.29 is 9.84 Å². The lowest BCUT2D eigenvalue weighted by molar-refractivity contribution is 0.0775. The number of aliphatic hydroxyl groups is 1. The number of benzene rings is 2. The highest BCUT2D eigenvalue weighted by Crippen LogP contribution is 2.41. The van der Waals surface area contributed by atoms with Gasteiger partial charge < -0.3 is 21.4 Å². The molecule has 0 saturated carbocycles. The molecule has 2 rings (SSSR count). The highest BCUT2D eigenvalue weighted by Gasteiger charge is 2.31. The smallest absolute Gasteiger partial charge is 0.122 e. The maximum Gasteiger partial charge on any atom is 0.122 e. The van der Waals surface area contributed by atoms with Gasteiger partial charge in [-0.05, 0) is 86.3 Å². The van der Waals surface area contributed by atoms with E-state index in [1.165, 1.54) is 16.7 Å². The number of amidine groups is 1. The van der Waals surface area contributed by atoms with Crippen LogP contribution in [0.3, 0.4) is 0 Å². The Hall–Kier alpha value is -2.79. The van der Waals surface area contributed by atoms with Gasteiger partial charge in [0.05, 0.1) is 12.2 Å². The third-order valence-electron chi connectivity index (χ3n) is 7.88. The van der Waals surface area contributed by atoms with E-state index in [9.17, 15) is 5.11 Å². The van der Waals surface area contributed by atoms with Crippen LogP contribution in [0.5, 0.6) is 5.75 Å². The summed E-state index contributed by atoms with van der Waals surface area (Å²) in [5.41, 5.74) is 11.1. The van der Waals surface area contributed by atoms with Crippen LogP contribution in [-0.2, 0) is 5.41 Å². The SMILES string of the molecule is CCCC(O)(/C=C/c1ccc(C(CC)(CC)c2ccc(OCCCC/C(N)=N/N)c(C)c2)cc1C)CC. The first-order chi connectivity index (χ1) is 17.7. The van der Waals surface area contributed by atoms with E-state index in [1.807, 2.05) is 13.0 Å². The molecule has 37 heavy (non-hydrogen) atoms. The molecule has 0 aromatic heterocycles. The molecule has 0 aliphatic heterocycles. The van der Waals surface area contributed by atoms with Crippen molar-refractivity contribution in [1.29, 1.82) is 0 Å². The van der Waals surface area contributed by atoms with E-state index in [0.29, 0.717) is 18.9 Å². The van der Waals surface area contributed by atoms with Crippen molar-refractivity contribution in [2.75, 3.05) is 6.61 Å². The normalized spacial score (nSPS) is 14.2. The first-order valence-corrected chi connectivity index (χ1v) is 14.0. The summed E-state index contributed by atoms with van der Waals surface area (Å²) in [6.45, 7) is 13.6. The Morgan fingerprint density at radius 2 is 1.59 bits per heavy atom. The minimum absolute atomic E-state index is 0.0677. The fraction of sp³-hybridized carbons (Fsp3) is 0.531. The fourth-order valence-electron chi connectivity index (χ4n) is 5.21. The Morgan fingerprint density at radius 3 is 2.14 bits per heavy atom. The van der Waals surface area contributed by atoms with Crippen molar-refractivity contribution in [3.63, 3.8) is 0 Å². The minimum atomic E-state index is -0.732. The predicted octanol–water partition coefficient (Wildman–Crippen LogP) is 7.14. The molecule has 2 aromatic rings. The Balaban J connectivity index is 2.25. The number of nitrogens with two attached hydrogens (primary N) is 2. The van der Waals surface area contributed by atoms with Crippen molar-refractivity contribution in [3.05, 3.63) is 70.3 Å². The van der Waals surface area contributed by atoms with E-state index < -0.39 is 5.60 Å². The summed E-state index contributed by atoms with van der Waals surface area (Å²) < 4.78 is 6.07. The molecular weight excluding hydrogens is 458 g/mol. The zero-order chi connectivity index (χ0) is 27.5. The van der Waals surface area contributed by atoms with Crippen LogP contribution in [0.25, 0.3) is 6.08 Å². The zero-order valence-electron chi connectivity index (χ0n) is 23.9. The van der Waals surface area contributed by atoms with Gasteiger partial charge in [0.2, 0.25) is 0 Å². The number of rotatable bonds is 15. The molecule has 0 bridgehead atoms. The molecule has 5 nitrogen and oxygen atoms in total. The van der Waals surface area contributed by atoms with E-state index in [1.54, 1.807) is 0 Å². The van der Waals surface area contributed by atoms with E-state index in [2.05, 4.69) is 82.2 Å². The van der Waals surface area contributed by atoms with Crippen LogP contribution in [0.2, 0.25) is 0 Å². The van der Waals surface area contributed by atoms with Gasteiger partial charge in [-0.15, -0.1) is 0 Å². The molecule has 2 aromatic carbocycles. The van der Waals surface area contributed by atoms with Gasteiger partial charge in [0.25, 0.3) is 0 Å². The molecule has 0 fully saturated rings. The maximum absolute atomic E-state index is 10.8. The van der Waals surface area contributed by atoms with Crippen molar-refractivity contribution in [1.82, 2.24) is 0 Å². The summed E-state index contributed by atoms with van der Waals surface area (Å²) in [5, 5.41) is 14.3. The number of hydrogen-bond donors (Lipinski definition) is 3. The lowest BCUT2D eigenvalue weighted by Crippen LogP contribution is -2.26. The summed E-state index contributed by atoms with van der Waals surface area (Å²) >= 11 is 0. The largest absolute Gasteiger partial charge is 0.493 e. The van der Waals surface area contributed by atoms with Crippen molar-refractivity contribution in [2.45, 2.75) is 104 Å².